The maximum Gasteiger partial charge on any atom is 0.257 e. The molecule has 0 N–H and O–H groups in total. The van der Waals surface area contributed by atoms with Crippen molar-refractivity contribution in [1.29, 1.82) is 0 Å². The Morgan fingerprint density at radius 1 is 1.21 bits per heavy atom. The predicted octanol–water partition coefficient (Wildman–Crippen LogP) is 3.60. The van der Waals surface area contributed by atoms with Gasteiger partial charge in [-0.25, -0.2) is 0 Å². The number of morpholine rings is 1. The zero-order valence-corrected chi connectivity index (χ0v) is 17.7. The Labute approximate surface area is 178 Å². The highest BCUT2D eigenvalue weighted by Gasteiger charge is 2.57. The molecule has 0 radical (unpaired) electrons. The summed E-state index contributed by atoms with van der Waals surface area (Å²) in [6, 6.07) is 10.3. The first-order valence-corrected chi connectivity index (χ1v) is 11.7. The SMILES string of the molecule is O=C1N(Cc2ccsc2)CCO[C@@]12CN(Cc1cccs1)C[C@@H]2c1cccnc1. The minimum Gasteiger partial charge on any atom is -0.361 e. The van der Waals surface area contributed by atoms with Crippen molar-refractivity contribution in [2.45, 2.75) is 24.6 Å². The first kappa shape index (κ1) is 18.9. The van der Waals surface area contributed by atoms with Gasteiger partial charge in [0.1, 0.15) is 0 Å². The Hall–Kier alpha value is -2.06. The Kier molecular flexibility index (Phi) is 5.22. The molecular formula is C22H23N3O2S2. The summed E-state index contributed by atoms with van der Waals surface area (Å²) in [4.78, 5) is 23.7. The largest absolute Gasteiger partial charge is 0.361 e. The lowest BCUT2D eigenvalue weighted by atomic mass is 9.83. The van der Waals surface area contributed by atoms with Gasteiger partial charge in [-0.3, -0.25) is 14.7 Å². The van der Waals surface area contributed by atoms with Gasteiger partial charge in [-0.15, -0.1) is 11.3 Å². The topological polar surface area (TPSA) is 45.7 Å². The highest BCUT2D eigenvalue weighted by atomic mass is 32.1. The van der Waals surface area contributed by atoms with Crippen LogP contribution in [0.2, 0.25) is 0 Å². The maximum atomic E-state index is 13.8. The molecule has 0 bridgehead atoms. The van der Waals surface area contributed by atoms with E-state index in [1.54, 1.807) is 28.9 Å². The minimum absolute atomic E-state index is 0.0195. The van der Waals surface area contributed by atoms with Gasteiger partial charge in [-0.1, -0.05) is 12.1 Å². The molecule has 0 aromatic carbocycles. The zero-order chi connectivity index (χ0) is 19.7. The van der Waals surface area contributed by atoms with E-state index in [2.05, 4.69) is 50.3 Å². The molecule has 3 aromatic rings. The van der Waals surface area contributed by atoms with E-state index in [0.717, 1.165) is 18.7 Å². The lowest BCUT2D eigenvalue weighted by Crippen LogP contribution is -2.59. The summed E-state index contributed by atoms with van der Waals surface area (Å²) in [5, 5.41) is 6.28. The number of carbonyl (C=O) groups excluding carboxylic acids is 1. The fraction of sp³-hybridized carbons (Fsp3) is 0.364. The standard InChI is InChI=1S/C22H23N3O2S2/c26-21-22(27-8-7-25(21)12-17-5-10-28-15-17)16-24(13-19-4-2-9-29-19)14-20(22)18-3-1-6-23-11-18/h1-6,9-11,15,20H,7-8,12-14,16H2/t20-,22-/m1/s1. The number of nitrogens with zero attached hydrogens (tertiary/aromatic N) is 3. The van der Waals surface area contributed by atoms with Crippen LogP contribution in [0, 0.1) is 0 Å². The van der Waals surface area contributed by atoms with Crippen LogP contribution < -0.4 is 0 Å². The van der Waals surface area contributed by atoms with Gasteiger partial charge in [0, 0.05) is 55.9 Å². The van der Waals surface area contributed by atoms with Crippen LogP contribution in [0.4, 0.5) is 0 Å². The zero-order valence-electron chi connectivity index (χ0n) is 16.1. The summed E-state index contributed by atoms with van der Waals surface area (Å²) >= 11 is 3.43. The first-order valence-electron chi connectivity index (χ1n) is 9.84. The van der Waals surface area contributed by atoms with Gasteiger partial charge >= 0.3 is 0 Å². The van der Waals surface area contributed by atoms with Gasteiger partial charge in [0.25, 0.3) is 5.91 Å². The molecule has 3 aromatic heterocycles. The molecule has 150 valence electrons. The van der Waals surface area contributed by atoms with E-state index in [9.17, 15) is 4.79 Å². The van der Waals surface area contributed by atoms with E-state index < -0.39 is 5.60 Å². The van der Waals surface area contributed by atoms with Crippen molar-refractivity contribution in [1.82, 2.24) is 14.8 Å². The third kappa shape index (κ3) is 3.64. The van der Waals surface area contributed by atoms with E-state index >= 15 is 0 Å². The molecule has 2 fully saturated rings. The van der Waals surface area contributed by atoms with Crippen LogP contribution in [0.5, 0.6) is 0 Å². The van der Waals surface area contributed by atoms with Gasteiger partial charge in [0.15, 0.2) is 5.60 Å². The third-order valence-corrected chi connectivity index (χ3v) is 7.43. The maximum absolute atomic E-state index is 13.8. The van der Waals surface area contributed by atoms with Gasteiger partial charge < -0.3 is 9.64 Å². The van der Waals surface area contributed by atoms with Crippen molar-refractivity contribution in [2.75, 3.05) is 26.2 Å². The summed E-state index contributed by atoms with van der Waals surface area (Å²) < 4.78 is 6.35. The number of hydrogen-bond donors (Lipinski definition) is 0. The Morgan fingerprint density at radius 3 is 2.93 bits per heavy atom. The molecule has 0 saturated carbocycles. The molecule has 0 unspecified atom stereocenters. The van der Waals surface area contributed by atoms with Gasteiger partial charge in [0.05, 0.1) is 6.61 Å². The fourth-order valence-electron chi connectivity index (χ4n) is 4.50. The molecule has 7 heteroatoms. The molecule has 2 atom stereocenters. The van der Waals surface area contributed by atoms with Crippen LogP contribution in [0.1, 0.15) is 21.9 Å². The first-order chi connectivity index (χ1) is 14.2. The molecule has 2 aliphatic rings. The molecule has 5 nitrogen and oxygen atoms in total. The lowest BCUT2D eigenvalue weighted by molar-refractivity contribution is -0.173. The van der Waals surface area contributed by atoms with E-state index in [0.29, 0.717) is 26.2 Å². The number of pyridine rings is 1. The Morgan fingerprint density at radius 2 is 2.17 bits per heavy atom. The monoisotopic (exact) mass is 425 g/mol. The predicted molar refractivity (Wildman–Crippen MR) is 115 cm³/mol. The van der Waals surface area contributed by atoms with Crippen molar-refractivity contribution in [2.24, 2.45) is 0 Å². The van der Waals surface area contributed by atoms with Crippen molar-refractivity contribution in [3.8, 4) is 0 Å². The second kappa shape index (κ2) is 7.99. The normalized spacial score (nSPS) is 25.2. The van der Waals surface area contributed by atoms with Crippen molar-refractivity contribution < 1.29 is 9.53 Å². The molecule has 0 aliphatic carbocycles. The molecule has 5 rings (SSSR count). The molecule has 2 aliphatic heterocycles. The van der Waals surface area contributed by atoms with Gasteiger partial charge in [-0.2, -0.15) is 11.3 Å². The summed E-state index contributed by atoms with van der Waals surface area (Å²) in [6.07, 6.45) is 3.66. The number of thiophene rings is 2. The summed E-state index contributed by atoms with van der Waals surface area (Å²) in [7, 11) is 0. The molecule has 2 saturated heterocycles. The lowest BCUT2D eigenvalue weighted by Gasteiger charge is -2.42. The van der Waals surface area contributed by atoms with Crippen molar-refractivity contribution >= 4 is 28.6 Å². The molecule has 5 heterocycles. The number of likely N-dealkylation sites (tertiary alicyclic amines) is 1. The summed E-state index contributed by atoms with van der Waals surface area (Å²) in [6.45, 7) is 4.11. The Balaban J connectivity index is 1.45. The van der Waals surface area contributed by atoms with Crippen molar-refractivity contribution in [3.63, 3.8) is 0 Å². The molecular weight excluding hydrogens is 402 g/mol. The number of rotatable bonds is 5. The minimum atomic E-state index is -0.839. The summed E-state index contributed by atoms with van der Waals surface area (Å²) in [5.74, 6) is 0.0893. The van der Waals surface area contributed by atoms with Crippen LogP contribution in [0.3, 0.4) is 0 Å². The van der Waals surface area contributed by atoms with Crippen LogP contribution >= 0.6 is 22.7 Å². The molecule has 29 heavy (non-hydrogen) atoms. The van der Waals surface area contributed by atoms with E-state index in [1.165, 1.54) is 10.4 Å². The fourth-order valence-corrected chi connectivity index (χ4v) is 5.90. The number of carbonyl (C=O) groups is 1. The number of ether oxygens (including phenoxy) is 1. The third-order valence-electron chi connectivity index (χ3n) is 5.83. The van der Waals surface area contributed by atoms with Crippen LogP contribution in [0.15, 0.2) is 58.9 Å². The second-order valence-electron chi connectivity index (χ2n) is 7.68. The number of amides is 1. The second-order valence-corrected chi connectivity index (χ2v) is 9.50. The molecule has 1 amide bonds. The van der Waals surface area contributed by atoms with E-state index in [1.807, 2.05) is 17.2 Å². The van der Waals surface area contributed by atoms with E-state index in [-0.39, 0.29) is 11.8 Å². The van der Waals surface area contributed by atoms with Crippen LogP contribution in [0.25, 0.3) is 0 Å². The number of aromatic nitrogens is 1. The summed E-state index contributed by atoms with van der Waals surface area (Å²) in [5.41, 5.74) is 1.42. The van der Waals surface area contributed by atoms with Gasteiger partial charge in [-0.05, 0) is 45.5 Å². The molecule has 1 spiro atoms. The quantitative estimate of drug-likeness (QED) is 0.627. The average molecular weight is 426 g/mol. The van der Waals surface area contributed by atoms with Crippen LogP contribution in [-0.4, -0.2) is 52.5 Å². The van der Waals surface area contributed by atoms with E-state index in [4.69, 9.17) is 4.74 Å². The average Bonchev–Trinajstić information content (AvgIpc) is 3.49. The highest BCUT2D eigenvalue weighted by Crippen LogP contribution is 2.42. The number of hydrogen-bond acceptors (Lipinski definition) is 6. The smallest absolute Gasteiger partial charge is 0.257 e. The van der Waals surface area contributed by atoms with Crippen LogP contribution in [-0.2, 0) is 22.6 Å². The highest BCUT2D eigenvalue weighted by molar-refractivity contribution is 7.09. The van der Waals surface area contributed by atoms with Crippen molar-refractivity contribution in [3.05, 3.63) is 74.9 Å². The Bertz CT molecular complexity index is 946. The van der Waals surface area contributed by atoms with Gasteiger partial charge in [0.2, 0.25) is 0 Å².